The van der Waals surface area contributed by atoms with Crippen LogP contribution in [0.2, 0.25) is 0 Å². The zero-order valence-corrected chi connectivity index (χ0v) is 16.1. The second-order valence-corrected chi connectivity index (χ2v) is 8.70. The van der Waals surface area contributed by atoms with Crippen molar-refractivity contribution in [1.29, 1.82) is 0 Å². The molecule has 27 heavy (non-hydrogen) atoms. The number of methoxy groups -OCH3 is 1. The van der Waals surface area contributed by atoms with Gasteiger partial charge in [-0.15, -0.1) is 0 Å². The molecule has 1 aromatic carbocycles. The molecule has 0 spiro atoms. The highest BCUT2D eigenvalue weighted by Gasteiger charge is 2.54. The minimum Gasteiger partial charge on any atom is -0.469 e. The van der Waals surface area contributed by atoms with Crippen molar-refractivity contribution in [3.05, 3.63) is 42.0 Å². The van der Waals surface area contributed by atoms with Gasteiger partial charge in [-0.1, -0.05) is 30.3 Å². The molecule has 0 radical (unpaired) electrons. The number of nitrogens with zero attached hydrogens (tertiary/aromatic N) is 1. The molecule has 4 saturated carbocycles. The van der Waals surface area contributed by atoms with Gasteiger partial charge >= 0.3 is 5.97 Å². The molecule has 0 saturated heterocycles. The van der Waals surface area contributed by atoms with Crippen LogP contribution < -0.4 is 0 Å². The summed E-state index contributed by atoms with van der Waals surface area (Å²) in [6.07, 6.45) is 11.1. The lowest BCUT2D eigenvalue weighted by molar-refractivity contribution is -0.149. The maximum absolute atomic E-state index is 13.2. The predicted octanol–water partition coefficient (Wildman–Crippen LogP) is 4.06. The SMILES string of the molecule is COC(=O)CCN(C(=O)/C=C/c1ccccc1)C12CC3CC(CC(C3)C1)C2. The van der Waals surface area contributed by atoms with Gasteiger partial charge in [0.15, 0.2) is 0 Å². The summed E-state index contributed by atoms with van der Waals surface area (Å²) >= 11 is 0. The van der Waals surface area contributed by atoms with E-state index in [1.807, 2.05) is 41.3 Å². The second-order valence-electron chi connectivity index (χ2n) is 8.70. The third-order valence-electron chi connectivity index (χ3n) is 6.83. The standard InChI is InChI=1S/C23H29NO3/c1-27-22(26)9-10-24(21(25)8-7-17-5-3-2-4-6-17)23-14-18-11-19(15-23)13-20(12-18)16-23/h2-8,18-20H,9-16H2,1H3/b8-7+. The summed E-state index contributed by atoms with van der Waals surface area (Å²) in [5.41, 5.74) is 0.963. The van der Waals surface area contributed by atoms with Crippen molar-refractivity contribution in [2.75, 3.05) is 13.7 Å². The number of esters is 1. The van der Waals surface area contributed by atoms with Crippen molar-refractivity contribution in [3.63, 3.8) is 0 Å². The summed E-state index contributed by atoms with van der Waals surface area (Å²) in [5.74, 6) is 2.04. The first-order valence-electron chi connectivity index (χ1n) is 10.2. The molecule has 144 valence electrons. The summed E-state index contributed by atoms with van der Waals surface area (Å²) in [6, 6.07) is 9.90. The lowest BCUT2D eigenvalue weighted by atomic mass is 9.52. The number of benzene rings is 1. The number of carbonyl (C=O) groups excluding carboxylic acids is 2. The lowest BCUT2D eigenvalue weighted by Crippen LogP contribution is -2.61. The summed E-state index contributed by atoms with van der Waals surface area (Å²) < 4.78 is 4.83. The van der Waals surface area contributed by atoms with E-state index in [-0.39, 0.29) is 23.8 Å². The fourth-order valence-corrected chi connectivity index (χ4v) is 6.10. The van der Waals surface area contributed by atoms with Gasteiger partial charge in [-0.25, -0.2) is 0 Å². The van der Waals surface area contributed by atoms with Crippen LogP contribution in [-0.2, 0) is 14.3 Å². The summed E-state index contributed by atoms with van der Waals surface area (Å²) in [6.45, 7) is 0.455. The zero-order valence-electron chi connectivity index (χ0n) is 16.1. The Morgan fingerprint density at radius 2 is 1.67 bits per heavy atom. The average Bonchev–Trinajstić information content (AvgIpc) is 2.66. The van der Waals surface area contributed by atoms with Crippen molar-refractivity contribution < 1.29 is 14.3 Å². The Balaban J connectivity index is 1.56. The summed E-state index contributed by atoms with van der Waals surface area (Å²) in [7, 11) is 1.41. The van der Waals surface area contributed by atoms with Gasteiger partial charge in [0.25, 0.3) is 0 Å². The van der Waals surface area contributed by atoms with Crippen molar-refractivity contribution in [2.45, 2.75) is 50.5 Å². The van der Waals surface area contributed by atoms with Gasteiger partial charge in [0.05, 0.1) is 13.5 Å². The Bertz CT molecular complexity index is 689. The van der Waals surface area contributed by atoms with Crippen LogP contribution in [0, 0.1) is 17.8 Å². The summed E-state index contributed by atoms with van der Waals surface area (Å²) in [4.78, 5) is 27.0. The first kappa shape index (κ1) is 18.3. The normalized spacial score (nSPS) is 31.2. The second kappa shape index (κ2) is 7.49. The molecule has 0 unspecified atom stereocenters. The van der Waals surface area contributed by atoms with Crippen LogP contribution in [0.3, 0.4) is 0 Å². The molecule has 0 atom stereocenters. The minimum atomic E-state index is -0.246. The maximum Gasteiger partial charge on any atom is 0.307 e. The maximum atomic E-state index is 13.2. The molecule has 4 fully saturated rings. The van der Waals surface area contributed by atoms with Crippen LogP contribution in [0.15, 0.2) is 36.4 Å². The van der Waals surface area contributed by atoms with E-state index >= 15 is 0 Å². The van der Waals surface area contributed by atoms with Gasteiger partial charge in [0.1, 0.15) is 0 Å². The molecule has 5 rings (SSSR count). The Morgan fingerprint density at radius 3 is 2.22 bits per heavy atom. The smallest absolute Gasteiger partial charge is 0.307 e. The summed E-state index contributed by atoms with van der Waals surface area (Å²) in [5, 5.41) is 0. The third kappa shape index (κ3) is 3.80. The van der Waals surface area contributed by atoms with Crippen molar-refractivity contribution >= 4 is 18.0 Å². The largest absolute Gasteiger partial charge is 0.469 e. The van der Waals surface area contributed by atoms with Gasteiger partial charge in [-0.05, 0) is 67.9 Å². The highest BCUT2D eigenvalue weighted by molar-refractivity contribution is 5.92. The van der Waals surface area contributed by atoms with E-state index in [0.29, 0.717) is 6.54 Å². The van der Waals surface area contributed by atoms with E-state index < -0.39 is 0 Å². The minimum absolute atomic E-state index is 0.0321. The molecule has 1 aromatic rings. The lowest BCUT2D eigenvalue weighted by Gasteiger charge is -2.60. The number of hydrogen-bond acceptors (Lipinski definition) is 3. The molecular weight excluding hydrogens is 338 g/mol. The monoisotopic (exact) mass is 367 g/mol. The van der Waals surface area contributed by atoms with Crippen LogP contribution in [0.5, 0.6) is 0 Å². The highest BCUT2D eigenvalue weighted by atomic mass is 16.5. The van der Waals surface area contributed by atoms with Crippen LogP contribution in [0.25, 0.3) is 6.08 Å². The molecule has 1 amide bonds. The van der Waals surface area contributed by atoms with Crippen molar-refractivity contribution in [3.8, 4) is 0 Å². The molecule has 0 aromatic heterocycles. The van der Waals surface area contributed by atoms with Gasteiger partial charge in [-0.3, -0.25) is 9.59 Å². The van der Waals surface area contributed by atoms with Gasteiger partial charge in [0.2, 0.25) is 5.91 Å². The Labute approximate surface area is 161 Å². The van der Waals surface area contributed by atoms with Crippen molar-refractivity contribution in [2.24, 2.45) is 17.8 Å². The van der Waals surface area contributed by atoms with Crippen LogP contribution in [-0.4, -0.2) is 36.0 Å². The predicted molar refractivity (Wildman–Crippen MR) is 105 cm³/mol. The van der Waals surface area contributed by atoms with E-state index in [1.165, 1.54) is 26.4 Å². The molecule has 0 heterocycles. The number of hydrogen-bond donors (Lipinski definition) is 0. The first-order valence-corrected chi connectivity index (χ1v) is 10.2. The Kier molecular flexibility index (Phi) is 5.07. The molecule has 0 aliphatic heterocycles. The fourth-order valence-electron chi connectivity index (χ4n) is 6.10. The van der Waals surface area contributed by atoms with Crippen molar-refractivity contribution in [1.82, 2.24) is 4.90 Å². The third-order valence-corrected chi connectivity index (χ3v) is 6.83. The van der Waals surface area contributed by atoms with Gasteiger partial charge < -0.3 is 9.64 Å². The number of carbonyl (C=O) groups is 2. The van der Waals surface area contributed by atoms with Crippen LogP contribution >= 0.6 is 0 Å². The zero-order chi connectivity index (χ0) is 18.9. The molecule has 4 aliphatic rings. The van der Waals surface area contributed by atoms with Gasteiger partial charge in [0, 0.05) is 18.2 Å². The molecule has 4 aliphatic carbocycles. The Hall–Kier alpha value is -2.10. The first-order chi connectivity index (χ1) is 13.1. The number of ether oxygens (including phenoxy) is 1. The molecule has 4 bridgehead atoms. The van der Waals surface area contributed by atoms with Crippen LogP contribution in [0.1, 0.15) is 50.5 Å². The van der Waals surface area contributed by atoms with E-state index in [1.54, 1.807) is 6.08 Å². The number of rotatable bonds is 6. The Morgan fingerprint density at radius 1 is 1.07 bits per heavy atom. The molecule has 0 N–H and O–H groups in total. The highest BCUT2D eigenvalue weighted by Crippen LogP contribution is 2.57. The molecular formula is C23H29NO3. The van der Waals surface area contributed by atoms with Crippen LogP contribution in [0.4, 0.5) is 0 Å². The van der Waals surface area contributed by atoms with E-state index in [9.17, 15) is 9.59 Å². The molecule has 4 nitrogen and oxygen atoms in total. The quantitative estimate of drug-likeness (QED) is 0.563. The molecule has 4 heteroatoms. The topological polar surface area (TPSA) is 46.6 Å². The van der Waals surface area contributed by atoms with Gasteiger partial charge in [-0.2, -0.15) is 0 Å². The fraction of sp³-hybridized carbons (Fsp3) is 0.565. The van der Waals surface area contributed by atoms with E-state index in [0.717, 1.165) is 42.6 Å². The average molecular weight is 367 g/mol. The van der Waals surface area contributed by atoms with E-state index in [2.05, 4.69) is 0 Å². The van der Waals surface area contributed by atoms with E-state index in [4.69, 9.17) is 4.74 Å². The number of amides is 1.